The Kier molecular flexibility index (Phi) is 6.02. The van der Waals surface area contributed by atoms with Gasteiger partial charge in [-0.05, 0) is 30.4 Å². The van der Waals surface area contributed by atoms with Crippen molar-refractivity contribution in [2.45, 2.75) is 0 Å². The standard InChI is InChI=1S/C16H16FN5O3S/c1-21(2)14-8-7-10(22(24)25)9-11(14)15(23)19-20-16(26)18-13-6-4-3-5-12(13)17/h3-9H,1-2H3,(H,19,23)(H2,18,20,26). The Morgan fingerprint density at radius 3 is 2.50 bits per heavy atom. The van der Waals surface area contributed by atoms with E-state index in [9.17, 15) is 19.3 Å². The number of nitrogens with zero attached hydrogens (tertiary/aromatic N) is 2. The van der Waals surface area contributed by atoms with Crippen LogP contribution in [-0.2, 0) is 0 Å². The molecule has 2 aromatic rings. The molecular weight excluding hydrogens is 361 g/mol. The number of anilines is 2. The summed E-state index contributed by atoms with van der Waals surface area (Å²) in [5.41, 5.74) is 5.28. The molecule has 0 fully saturated rings. The van der Waals surface area contributed by atoms with E-state index in [0.717, 1.165) is 0 Å². The van der Waals surface area contributed by atoms with Gasteiger partial charge in [-0.2, -0.15) is 0 Å². The zero-order valence-electron chi connectivity index (χ0n) is 13.9. The molecule has 10 heteroatoms. The molecule has 0 aliphatic heterocycles. The lowest BCUT2D eigenvalue weighted by Crippen LogP contribution is -2.44. The highest BCUT2D eigenvalue weighted by molar-refractivity contribution is 7.80. The van der Waals surface area contributed by atoms with Crippen molar-refractivity contribution in [1.82, 2.24) is 10.9 Å². The average Bonchev–Trinajstić information content (AvgIpc) is 2.61. The van der Waals surface area contributed by atoms with Gasteiger partial charge in [0.25, 0.3) is 11.6 Å². The summed E-state index contributed by atoms with van der Waals surface area (Å²) in [5, 5.41) is 13.5. The third-order valence-electron chi connectivity index (χ3n) is 3.33. The van der Waals surface area contributed by atoms with E-state index >= 15 is 0 Å². The lowest BCUT2D eigenvalue weighted by atomic mass is 10.1. The van der Waals surface area contributed by atoms with Gasteiger partial charge in [0.2, 0.25) is 0 Å². The van der Waals surface area contributed by atoms with Crippen molar-refractivity contribution >= 4 is 40.3 Å². The first-order chi connectivity index (χ1) is 12.3. The minimum atomic E-state index is -0.630. The summed E-state index contributed by atoms with van der Waals surface area (Å²) in [6.45, 7) is 0. The molecule has 0 saturated heterocycles. The van der Waals surface area contributed by atoms with E-state index in [1.54, 1.807) is 25.1 Å². The Labute approximate surface area is 154 Å². The van der Waals surface area contributed by atoms with Gasteiger partial charge in [-0.3, -0.25) is 25.8 Å². The summed E-state index contributed by atoms with van der Waals surface area (Å²) in [6, 6.07) is 9.85. The molecule has 3 N–H and O–H groups in total. The van der Waals surface area contributed by atoms with Gasteiger partial charge in [-0.25, -0.2) is 4.39 Å². The van der Waals surface area contributed by atoms with Crippen molar-refractivity contribution in [2.24, 2.45) is 0 Å². The van der Waals surface area contributed by atoms with E-state index in [0.29, 0.717) is 5.69 Å². The Hall–Kier alpha value is -3.27. The fourth-order valence-corrected chi connectivity index (χ4v) is 2.27. The molecule has 0 spiro atoms. The molecule has 0 atom stereocenters. The van der Waals surface area contributed by atoms with Gasteiger partial charge in [0.1, 0.15) is 5.82 Å². The number of hydrogen-bond acceptors (Lipinski definition) is 5. The lowest BCUT2D eigenvalue weighted by molar-refractivity contribution is -0.384. The number of hydrazine groups is 1. The number of nitrogens with one attached hydrogen (secondary N) is 3. The lowest BCUT2D eigenvalue weighted by Gasteiger charge is -2.17. The molecule has 26 heavy (non-hydrogen) atoms. The summed E-state index contributed by atoms with van der Waals surface area (Å²) in [7, 11) is 3.41. The fourth-order valence-electron chi connectivity index (χ4n) is 2.11. The molecule has 136 valence electrons. The second kappa shape index (κ2) is 8.21. The minimum absolute atomic E-state index is 0.0414. The van der Waals surface area contributed by atoms with Crippen LogP contribution in [-0.4, -0.2) is 30.0 Å². The number of benzene rings is 2. The van der Waals surface area contributed by atoms with E-state index in [2.05, 4.69) is 16.2 Å². The summed E-state index contributed by atoms with van der Waals surface area (Å²) >= 11 is 4.99. The maximum absolute atomic E-state index is 13.6. The van der Waals surface area contributed by atoms with Crippen LogP contribution in [0.15, 0.2) is 42.5 Å². The molecule has 0 aliphatic carbocycles. The Bertz CT molecular complexity index is 860. The van der Waals surface area contributed by atoms with E-state index in [1.165, 1.54) is 36.4 Å². The second-order valence-corrected chi connectivity index (χ2v) is 5.77. The molecule has 8 nitrogen and oxygen atoms in total. The maximum atomic E-state index is 13.6. The highest BCUT2D eigenvalue weighted by Gasteiger charge is 2.18. The average molecular weight is 377 g/mol. The molecule has 1 amide bonds. The van der Waals surface area contributed by atoms with Crippen molar-refractivity contribution in [2.75, 3.05) is 24.3 Å². The molecule has 0 radical (unpaired) electrons. The quantitative estimate of drug-likeness (QED) is 0.427. The second-order valence-electron chi connectivity index (χ2n) is 5.37. The highest BCUT2D eigenvalue weighted by atomic mass is 32.1. The van der Waals surface area contributed by atoms with Crippen LogP contribution in [0.2, 0.25) is 0 Å². The van der Waals surface area contributed by atoms with E-state index in [4.69, 9.17) is 12.2 Å². The number of hydrogen-bond donors (Lipinski definition) is 3. The summed E-state index contributed by atoms with van der Waals surface area (Å²) in [5.74, 6) is -1.13. The number of para-hydroxylation sites is 1. The number of nitro benzene ring substituents is 1. The fraction of sp³-hybridized carbons (Fsp3) is 0.125. The first kappa shape index (κ1) is 19.1. The first-order valence-electron chi connectivity index (χ1n) is 7.37. The molecule has 2 aromatic carbocycles. The Morgan fingerprint density at radius 2 is 1.88 bits per heavy atom. The van der Waals surface area contributed by atoms with Crippen molar-refractivity contribution in [3.8, 4) is 0 Å². The molecule has 0 saturated carbocycles. The van der Waals surface area contributed by atoms with Crippen molar-refractivity contribution in [1.29, 1.82) is 0 Å². The van der Waals surface area contributed by atoms with Gasteiger partial charge in [0.05, 0.1) is 16.2 Å². The smallest absolute Gasteiger partial charge is 0.272 e. The number of rotatable bonds is 4. The zero-order valence-corrected chi connectivity index (χ0v) is 14.8. The third-order valence-corrected chi connectivity index (χ3v) is 3.53. The largest absolute Gasteiger partial charge is 0.377 e. The molecular formula is C16H16FN5O3S. The molecule has 0 aromatic heterocycles. The Balaban J connectivity index is 2.09. The monoisotopic (exact) mass is 377 g/mol. The number of halogens is 1. The summed E-state index contributed by atoms with van der Waals surface area (Å²) < 4.78 is 13.6. The van der Waals surface area contributed by atoms with Crippen LogP contribution < -0.4 is 21.1 Å². The number of amides is 1. The van der Waals surface area contributed by atoms with E-state index < -0.39 is 16.6 Å². The highest BCUT2D eigenvalue weighted by Crippen LogP contribution is 2.24. The van der Waals surface area contributed by atoms with Gasteiger partial charge >= 0.3 is 0 Å². The predicted molar refractivity (Wildman–Crippen MR) is 101 cm³/mol. The number of nitro groups is 1. The third kappa shape index (κ3) is 4.63. The van der Waals surface area contributed by atoms with Crippen LogP contribution in [0.1, 0.15) is 10.4 Å². The zero-order chi connectivity index (χ0) is 19.3. The van der Waals surface area contributed by atoms with E-state index in [1.807, 2.05) is 0 Å². The number of carbonyl (C=O) groups is 1. The van der Waals surface area contributed by atoms with Crippen molar-refractivity contribution in [3.05, 3.63) is 64.0 Å². The first-order valence-corrected chi connectivity index (χ1v) is 7.78. The van der Waals surface area contributed by atoms with Crippen molar-refractivity contribution < 1.29 is 14.1 Å². The number of thiocarbonyl (C=S) groups is 1. The van der Waals surface area contributed by atoms with Gasteiger partial charge in [-0.1, -0.05) is 12.1 Å². The van der Waals surface area contributed by atoms with Gasteiger partial charge in [0, 0.05) is 31.9 Å². The van der Waals surface area contributed by atoms with Crippen molar-refractivity contribution in [3.63, 3.8) is 0 Å². The van der Waals surface area contributed by atoms with Crippen LogP contribution in [0.4, 0.5) is 21.5 Å². The van der Waals surface area contributed by atoms with Crippen LogP contribution in [0.3, 0.4) is 0 Å². The number of carbonyl (C=O) groups excluding carboxylic acids is 1. The normalized spacial score (nSPS) is 9.96. The number of non-ortho nitro benzene ring substituents is 1. The van der Waals surface area contributed by atoms with Gasteiger partial charge in [-0.15, -0.1) is 0 Å². The maximum Gasteiger partial charge on any atom is 0.272 e. The summed E-state index contributed by atoms with van der Waals surface area (Å²) in [4.78, 5) is 24.4. The van der Waals surface area contributed by atoms with Crippen LogP contribution in [0.25, 0.3) is 0 Å². The van der Waals surface area contributed by atoms with Crippen LogP contribution in [0.5, 0.6) is 0 Å². The Morgan fingerprint density at radius 1 is 1.19 bits per heavy atom. The predicted octanol–water partition coefficient (Wildman–Crippen LogP) is 2.43. The van der Waals surface area contributed by atoms with Crippen LogP contribution >= 0.6 is 12.2 Å². The molecule has 0 bridgehead atoms. The SMILES string of the molecule is CN(C)c1ccc([N+](=O)[O-])cc1C(=O)NNC(=S)Nc1ccccc1F. The van der Waals surface area contributed by atoms with Crippen LogP contribution in [0, 0.1) is 15.9 Å². The van der Waals surface area contributed by atoms with Gasteiger partial charge < -0.3 is 10.2 Å². The van der Waals surface area contributed by atoms with E-state index in [-0.39, 0.29) is 22.1 Å². The van der Waals surface area contributed by atoms with Gasteiger partial charge in [0.15, 0.2) is 5.11 Å². The minimum Gasteiger partial charge on any atom is -0.377 e. The molecule has 2 rings (SSSR count). The topological polar surface area (TPSA) is 99.5 Å². The summed E-state index contributed by atoms with van der Waals surface area (Å²) in [6.07, 6.45) is 0. The molecule has 0 heterocycles. The molecule has 0 unspecified atom stereocenters. The molecule has 0 aliphatic rings.